The first-order valence-electron chi connectivity index (χ1n) is 7.22. The lowest BCUT2D eigenvalue weighted by molar-refractivity contribution is 0.604. The van der Waals surface area contributed by atoms with E-state index in [0.29, 0.717) is 6.04 Å². The average molecular weight is 243 g/mol. The van der Waals surface area contributed by atoms with Crippen molar-refractivity contribution in [3.05, 3.63) is 41.0 Å². The lowest BCUT2D eigenvalue weighted by atomic mass is 10.0. The number of hydrogen-bond acceptors (Lipinski definition) is 1. The predicted molar refractivity (Wildman–Crippen MR) is 79.8 cm³/mol. The highest BCUT2D eigenvalue weighted by atomic mass is 14.9. The first-order valence-corrected chi connectivity index (χ1v) is 7.22. The first kappa shape index (κ1) is 13.4. The van der Waals surface area contributed by atoms with Crippen molar-refractivity contribution in [2.45, 2.75) is 52.0 Å². The Morgan fingerprint density at radius 3 is 2.56 bits per heavy atom. The van der Waals surface area contributed by atoms with Gasteiger partial charge in [-0.15, -0.1) is 0 Å². The van der Waals surface area contributed by atoms with Gasteiger partial charge in [0.15, 0.2) is 0 Å². The van der Waals surface area contributed by atoms with Crippen LogP contribution in [-0.4, -0.2) is 12.6 Å². The molecule has 0 aromatic heterocycles. The van der Waals surface area contributed by atoms with Gasteiger partial charge in [0, 0.05) is 6.04 Å². The summed E-state index contributed by atoms with van der Waals surface area (Å²) in [5, 5.41) is 3.52. The quantitative estimate of drug-likeness (QED) is 0.783. The van der Waals surface area contributed by atoms with Crippen molar-refractivity contribution in [2.24, 2.45) is 0 Å². The van der Waals surface area contributed by atoms with Gasteiger partial charge in [0.25, 0.3) is 0 Å². The summed E-state index contributed by atoms with van der Waals surface area (Å²) in [7, 11) is 0. The molecule has 0 heterocycles. The summed E-state index contributed by atoms with van der Waals surface area (Å²) in [5.74, 6) is 0.856. The molecule has 1 aromatic rings. The van der Waals surface area contributed by atoms with Crippen LogP contribution in [0.1, 0.15) is 57.1 Å². The molecule has 1 aliphatic carbocycles. The van der Waals surface area contributed by atoms with E-state index in [1.54, 1.807) is 0 Å². The molecule has 18 heavy (non-hydrogen) atoms. The topological polar surface area (TPSA) is 12.0 Å². The molecule has 98 valence electrons. The van der Waals surface area contributed by atoms with E-state index in [-0.39, 0.29) is 0 Å². The molecule has 1 fully saturated rings. The minimum atomic E-state index is 0.466. The zero-order valence-corrected chi connectivity index (χ0v) is 11.9. The van der Waals surface area contributed by atoms with Crippen molar-refractivity contribution in [3.63, 3.8) is 0 Å². The van der Waals surface area contributed by atoms with Gasteiger partial charge in [-0.2, -0.15) is 0 Å². The fourth-order valence-corrected chi connectivity index (χ4v) is 2.19. The van der Waals surface area contributed by atoms with Gasteiger partial charge in [-0.25, -0.2) is 0 Å². The van der Waals surface area contributed by atoms with Crippen LogP contribution in [0, 0.1) is 0 Å². The number of benzene rings is 1. The van der Waals surface area contributed by atoms with Gasteiger partial charge in [-0.3, -0.25) is 0 Å². The zero-order valence-electron chi connectivity index (χ0n) is 11.9. The third-order valence-electron chi connectivity index (χ3n) is 3.76. The van der Waals surface area contributed by atoms with Crippen molar-refractivity contribution in [1.29, 1.82) is 0 Å². The molecule has 1 aliphatic rings. The summed E-state index contributed by atoms with van der Waals surface area (Å²) in [6, 6.07) is 9.56. The minimum absolute atomic E-state index is 0.466. The van der Waals surface area contributed by atoms with Crippen LogP contribution >= 0.6 is 0 Å². The molecule has 0 saturated heterocycles. The SMILES string of the molecule is CCCNC(C)/C(C)=C/c1ccc(C2CC2)cc1. The maximum atomic E-state index is 3.52. The van der Waals surface area contributed by atoms with Crippen LogP contribution in [0.15, 0.2) is 29.8 Å². The summed E-state index contributed by atoms with van der Waals surface area (Å²) in [4.78, 5) is 0. The molecular weight excluding hydrogens is 218 g/mol. The smallest absolute Gasteiger partial charge is 0.0251 e. The Balaban J connectivity index is 1.97. The number of hydrogen-bond donors (Lipinski definition) is 1. The molecule has 1 N–H and O–H groups in total. The van der Waals surface area contributed by atoms with Crippen molar-refractivity contribution < 1.29 is 0 Å². The second-order valence-corrected chi connectivity index (χ2v) is 5.51. The van der Waals surface area contributed by atoms with Crippen LogP contribution in [0.4, 0.5) is 0 Å². The Labute approximate surface area is 111 Å². The van der Waals surface area contributed by atoms with E-state index in [0.717, 1.165) is 12.5 Å². The molecule has 1 aromatic carbocycles. The molecule has 1 unspecified atom stereocenters. The van der Waals surface area contributed by atoms with Gasteiger partial charge in [0.05, 0.1) is 0 Å². The Morgan fingerprint density at radius 2 is 2.00 bits per heavy atom. The standard InChI is InChI=1S/C17H25N/c1-4-11-18-14(3)13(2)12-15-5-7-16(8-6-15)17-9-10-17/h5-8,12,14,17-18H,4,9-11H2,1-3H3/b13-12+. The molecule has 0 amide bonds. The fourth-order valence-electron chi connectivity index (χ4n) is 2.19. The highest BCUT2D eigenvalue weighted by Crippen LogP contribution is 2.39. The van der Waals surface area contributed by atoms with Crippen LogP contribution in [0.5, 0.6) is 0 Å². The van der Waals surface area contributed by atoms with E-state index in [2.05, 4.69) is 56.4 Å². The third-order valence-corrected chi connectivity index (χ3v) is 3.76. The molecule has 0 spiro atoms. The molecule has 0 radical (unpaired) electrons. The lowest BCUT2D eigenvalue weighted by Crippen LogP contribution is -2.27. The largest absolute Gasteiger partial charge is 0.311 e. The molecule has 1 nitrogen and oxygen atoms in total. The number of nitrogens with one attached hydrogen (secondary N) is 1. The molecule has 0 bridgehead atoms. The van der Waals surface area contributed by atoms with Gasteiger partial charge in [0.1, 0.15) is 0 Å². The van der Waals surface area contributed by atoms with Crippen molar-refractivity contribution in [3.8, 4) is 0 Å². The highest BCUT2D eigenvalue weighted by Gasteiger charge is 2.22. The summed E-state index contributed by atoms with van der Waals surface area (Å²) in [6.45, 7) is 7.74. The zero-order chi connectivity index (χ0) is 13.0. The van der Waals surface area contributed by atoms with E-state index in [9.17, 15) is 0 Å². The number of rotatable bonds is 6. The fraction of sp³-hybridized carbons (Fsp3) is 0.529. The van der Waals surface area contributed by atoms with E-state index in [1.165, 1.54) is 36.0 Å². The summed E-state index contributed by atoms with van der Waals surface area (Å²) in [6.07, 6.45) is 6.25. The molecule has 0 aliphatic heterocycles. The van der Waals surface area contributed by atoms with Gasteiger partial charge in [0.2, 0.25) is 0 Å². The average Bonchev–Trinajstić information content (AvgIpc) is 3.21. The van der Waals surface area contributed by atoms with Crippen LogP contribution in [0.3, 0.4) is 0 Å². The third kappa shape index (κ3) is 3.71. The van der Waals surface area contributed by atoms with Crippen LogP contribution in [0.2, 0.25) is 0 Å². The maximum Gasteiger partial charge on any atom is 0.0251 e. The van der Waals surface area contributed by atoms with Crippen LogP contribution in [0.25, 0.3) is 6.08 Å². The van der Waals surface area contributed by atoms with Crippen molar-refractivity contribution in [2.75, 3.05) is 6.54 Å². The molecule has 1 saturated carbocycles. The second kappa shape index (κ2) is 6.19. The van der Waals surface area contributed by atoms with E-state index >= 15 is 0 Å². The van der Waals surface area contributed by atoms with Crippen LogP contribution in [-0.2, 0) is 0 Å². The molecular formula is C17H25N. The van der Waals surface area contributed by atoms with Gasteiger partial charge in [-0.1, -0.05) is 42.8 Å². The predicted octanol–water partition coefficient (Wildman–Crippen LogP) is 4.36. The Morgan fingerprint density at radius 1 is 1.33 bits per heavy atom. The molecule has 1 heteroatoms. The van der Waals surface area contributed by atoms with Crippen LogP contribution < -0.4 is 5.32 Å². The Hall–Kier alpha value is -1.08. The van der Waals surface area contributed by atoms with Gasteiger partial charge in [-0.05, 0) is 56.7 Å². The second-order valence-electron chi connectivity index (χ2n) is 5.51. The molecule has 2 rings (SSSR count). The summed E-state index contributed by atoms with van der Waals surface area (Å²) in [5.41, 5.74) is 4.24. The maximum absolute atomic E-state index is 3.52. The Kier molecular flexibility index (Phi) is 4.60. The lowest BCUT2D eigenvalue weighted by Gasteiger charge is -2.14. The summed E-state index contributed by atoms with van der Waals surface area (Å²) < 4.78 is 0. The normalized spacial score (nSPS) is 17.8. The Bertz CT molecular complexity index is 398. The first-order chi connectivity index (χ1) is 8.70. The summed E-state index contributed by atoms with van der Waals surface area (Å²) >= 11 is 0. The van der Waals surface area contributed by atoms with E-state index in [1.807, 2.05) is 0 Å². The monoisotopic (exact) mass is 243 g/mol. The van der Waals surface area contributed by atoms with Crippen molar-refractivity contribution >= 4 is 6.08 Å². The van der Waals surface area contributed by atoms with Crippen molar-refractivity contribution in [1.82, 2.24) is 5.32 Å². The highest BCUT2D eigenvalue weighted by molar-refractivity contribution is 5.54. The van der Waals surface area contributed by atoms with E-state index < -0.39 is 0 Å². The van der Waals surface area contributed by atoms with E-state index in [4.69, 9.17) is 0 Å². The van der Waals surface area contributed by atoms with Gasteiger partial charge < -0.3 is 5.32 Å². The van der Waals surface area contributed by atoms with Gasteiger partial charge >= 0.3 is 0 Å². The molecule has 1 atom stereocenters. The minimum Gasteiger partial charge on any atom is -0.311 e.